The fraction of sp³-hybridized carbons (Fsp3) is 0.600. The van der Waals surface area contributed by atoms with Crippen molar-refractivity contribution in [3.05, 3.63) is 29.8 Å². The maximum Gasteiger partial charge on any atom is 0.115 e. The molecule has 2 atom stereocenters. The maximum atomic E-state index is 9.31. The van der Waals surface area contributed by atoms with Crippen molar-refractivity contribution >= 4 is 0 Å². The third kappa shape index (κ3) is 3.03. The molecule has 18 heavy (non-hydrogen) atoms. The van der Waals surface area contributed by atoms with Crippen molar-refractivity contribution in [3.8, 4) is 5.75 Å². The van der Waals surface area contributed by atoms with E-state index in [2.05, 4.69) is 12.2 Å². The Balaban J connectivity index is 2.06. The summed E-state index contributed by atoms with van der Waals surface area (Å²) < 4.78 is 6.00. The Labute approximate surface area is 109 Å². The quantitative estimate of drug-likeness (QED) is 0.861. The number of ether oxygens (including phenoxy) is 1. The zero-order chi connectivity index (χ0) is 13.0. The van der Waals surface area contributed by atoms with E-state index in [-0.39, 0.29) is 5.60 Å². The standard InChI is InChI=1S/C15H23NO2/c1-15(9-3-4-10-18-15)14(16-2)11-12-5-7-13(17)8-6-12/h5-8,14,16-17H,3-4,9-11H2,1-2H3. The van der Waals surface area contributed by atoms with Gasteiger partial charge in [-0.05, 0) is 57.4 Å². The summed E-state index contributed by atoms with van der Waals surface area (Å²) in [4.78, 5) is 0. The molecule has 3 nitrogen and oxygen atoms in total. The number of hydrogen-bond donors (Lipinski definition) is 2. The predicted molar refractivity (Wildman–Crippen MR) is 72.9 cm³/mol. The first kappa shape index (κ1) is 13.4. The second-order valence-electron chi connectivity index (χ2n) is 5.33. The van der Waals surface area contributed by atoms with Crippen LogP contribution >= 0.6 is 0 Å². The highest BCUT2D eigenvalue weighted by atomic mass is 16.5. The Bertz CT molecular complexity index is 369. The van der Waals surface area contributed by atoms with E-state index in [0.717, 1.165) is 19.4 Å². The van der Waals surface area contributed by atoms with Gasteiger partial charge in [0, 0.05) is 12.6 Å². The largest absolute Gasteiger partial charge is 0.508 e. The summed E-state index contributed by atoms with van der Waals surface area (Å²) in [6, 6.07) is 7.75. The van der Waals surface area contributed by atoms with Crippen LogP contribution in [0.3, 0.4) is 0 Å². The van der Waals surface area contributed by atoms with E-state index in [1.807, 2.05) is 19.2 Å². The van der Waals surface area contributed by atoms with E-state index in [4.69, 9.17) is 4.74 Å². The van der Waals surface area contributed by atoms with Crippen molar-refractivity contribution in [2.75, 3.05) is 13.7 Å². The monoisotopic (exact) mass is 249 g/mol. The first-order valence-corrected chi connectivity index (χ1v) is 6.73. The third-order valence-electron chi connectivity index (χ3n) is 3.96. The van der Waals surface area contributed by atoms with Gasteiger partial charge in [-0.2, -0.15) is 0 Å². The van der Waals surface area contributed by atoms with Gasteiger partial charge < -0.3 is 15.2 Å². The highest BCUT2D eigenvalue weighted by Gasteiger charge is 2.35. The van der Waals surface area contributed by atoms with Gasteiger partial charge in [0.2, 0.25) is 0 Å². The molecule has 1 fully saturated rings. The average molecular weight is 249 g/mol. The third-order valence-corrected chi connectivity index (χ3v) is 3.96. The summed E-state index contributed by atoms with van der Waals surface area (Å²) in [5.74, 6) is 0.319. The van der Waals surface area contributed by atoms with Gasteiger partial charge in [0.15, 0.2) is 0 Å². The number of rotatable bonds is 4. The second-order valence-corrected chi connectivity index (χ2v) is 5.33. The zero-order valence-electron chi connectivity index (χ0n) is 11.3. The van der Waals surface area contributed by atoms with Gasteiger partial charge in [0.25, 0.3) is 0 Å². The molecule has 1 saturated heterocycles. The van der Waals surface area contributed by atoms with Crippen LogP contribution in [0.25, 0.3) is 0 Å². The van der Waals surface area contributed by atoms with Gasteiger partial charge in [-0.15, -0.1) is 0 Å². The van der Waals surface area contributed by atoms with Crippen LogP contribution in [0, 0.1) is 0 Å². The molecule has 2 unspecified atom stereocenters. The van der Waals surface area contributed by atoms with Gasteiger partial charge in [0.1, 0.15) is 5.75 Å². The smallest absolute Gasteiger partial charge is 0.115 e. The van der Waals surface area contributed by atoms with E-state index >= 15 is 0 Å². The number of phenolic OH excluding ortho intramolecular Hbond substituents is 1. The number of aromatic hydroxyl groups is 1. The van der Waals surface area contributed by atoms with Gasteiger partial charge >= 0.3 is 0 Å². The van der Waals surface area contributed by atoms with Crippen LogP contribution in [-0.2, 0) is 11.2 Å². The molecule has 0 aliphatic carbocycles. The normalized spacial score (nSPS) is 25.9. The first-order valence-electron chi connectivity index (χ1n) is 6.73. The Morgan fingerprint density at radius 3 is 2.61 bits per heavy atom. The minimum absolute atomic E-state index is 0.0785. The summed E-state index contributed by atoms with van der Waals surface area (Å²) in [5, 5.41) is 12.7. The van der Waals surface area contributed by atoms with E-state index in [9.17, 15) is 5.11 Å². The molecule has 2 rings (SSSR count). The Morgan fingerprint density at radius 2 is 2.06 bits per heavy atom. The molecule has 1 aromatic carbocycles. The molecular weight excluding hydrogens is 226 g/mol. The minimum atomic E-state index is -0.0785. The first-order chi connectivity index (χ1) is 8.64. The number of nitrogens with one attached hydrogen (secondary N) is 1. The van der Waals surface area contributed by atoms with Gasteiger partial charge in [-0.25, -0.2) is 0 Å². The molecule has 0 amide bonds. The summed E-state index contributed by atoms with van der Waals surface area (Å²) in [5.41, 5.74) is 1.15. The molecule has 0 spiro atoms. The van der Waals surface area contributed by atoms with Crippen LogP contribution in [0.2, 0.25) is 0 Å². The fourth-order valence-corrected chi connectivity index (χ4v) is 2.72. The summed E-state index contributed by atoms with van der Waals surface area (Å²) in [6.07, 6.45) is 4.44. The van der Waals surface area contributed by atoms with E-state index < -0.39 is 0 Å². The Morgan fingerprint density at radius 1 is 1.33 bits per heavy atom. The lowest BCUT2D eigenvalue weighted by Gasteiger charge is -2.40. The van der Waals surface area contributed by atoms with Crippen molar-refractivity contribution in [1.82, 2.24) is 5.32 Å². The average Bonchev–Trinajstić information content (AvgIpc) is 2.38. The van der Waals surface area contributed by atoms with Crippen molar-refractivity contribution in [3.63, 3.8) is 0 Å². The lowest BCUT2D eigenvalue weighted by molar-refractivity contribution is -0.0870. The number of benzene rings is 1. The Kier molecular flexibility index (Phi) is 4.25. The van der Waals surface area contributed by atoms with Crippen LogP contribution in [-0.4, -0.2) is 30.4 Å². The number of likely N-dealkylation sites (N-methyl/N-ethyl adjacent to an activating group) is 1. The molecule has 0 bridgehead atoms. The number of hydrogen-bond acceptors (Lipinski definition) is 3. The molecule has 1 aliphatic heterocycles. The SMILES string of the molecule is CNC(Cc1ccc(O)cc1)C1(C)CCCCO1. The lowest BCUT2D eigenvalue weighted by Crippen LogP contribution is -2.52. The molecule has 1 aliphatic rings. The van der Waals surface area contributed by atoms with E-state index in [1.165, 1.54) is 18.4 Å². The zero-order valence-corrected chi connectivity index (χ0v) is 11.3. The summed E-state index contributed by atoms with van der Waals surface area (Å²) in [6.45, 7) is 3.07. The van der Waals surface area contributed by atoms with Crippen molar-refractivity contribution in [2.45, 2.75) is 44.2 Å². The van der Waals surface area contributed by atoms with Crippen molar-refractivity contribution < 1.29 is 9.84 Å². The van der Waals surface area contributed by atoms with E-state index in [0.29, 0.717) is 11.8 Å². The molecule has 1 aromatic rings. The molecule has 0 saturated carbocycles. The second kappa shape index (κ2) is 5.72. The minimum Gasteiger partial charge on any atom is -0.508 e. The van der Waals surface area contributed by atoms with Gasteiger partial charge in [0.05, 0.1) is 5.60 Å². The highest BCUT2D eigenvalue weighted by molar-refractivity contribution is 5.26. The molecular formula is C15H23NO2. The number of phenols is 1. The molecule has 1 heterocycles. The van der Waals surface area contributed by atoms with E-state index in [1.54, 1.807) is 12.1 Å². The predicted octanol–water partition coefficient (Wildman–Crippen LogP) is 2.48. The van der Waals surface area contributed by atoms with Crippen LogP contribution in [0.15, 0.2) is 24.3 Å². The Hall–Kier alpha value is -1.06. The molecule has 100 valence electrons. The van der Waals surface area contributed by atoms with Crippen LogP contribution in [0.4, 0.5) is 0 Å². The fourth-order valence-electron chi connectivity index (χ4n) is 2.72. The van der Waals surface area contributed by atoms with Crippen LogP contribution in [0.1, 0.15) is 31.7 Å². The van der Waals surface area contributed by atoms with Crippen LogP contribution in [0.5, 0.6) is 5.75 Å². The maximum absolute atomic E-state index is 9.31. The lowest BCUT2D eigenvalue weighted by atomic mass is 9.85. The van der Waals surface area contributed by atoms with Crippen molar-refractivity contribution in [1.29, 1.82) is 0 Å². The molecule has 3 heteroatoms. The summed E-state index contributed by atoms with van der Waals surface area (Å²) >= 11 is 0. The molecule has 0 radical (unpaired) electrons. The van der Waals surface area contributed by atoms with Crippen LogP contribution < -0.4 is 5.32 Å². The molecule has 2 N–H and O–H groups in total. The highest BCUT2D eigenvalue weighted by Crippen LogP contribution is 2.29. The molecule has 0 aromatic heterocycles. The summed E-state index contributed by atoms with van der Waals surface area (Å²) in [7, 11) is 1.99. The van der Waals surface area contributed by atoms with Gasteiger partial charge in [-0.3, -0.25) is 0 Å². The van der Waals surface area contributed by atoms with Crippen molar-refractivity contribution in [2.24, 2.45) is 0 Å². The topological polar surface area (TPSA) is 41.5 Å². The van der Waals surface area contributed by atoms with Gasteiger partial charge in [-0.1, -0.05) is 12.1 Å².